The Kier molecular flexibility index (Phi) is 4.68. The summed E-state index contributed by atoms with van der Waals surface area (Å²) in [7, 11) is 0. The summed E-state index contributed by atoms with van der Waals surface area (Å²) in [5.74, 6) is -2.72. The van der Waals surface area contributed by atoms with Crippen molar-refractivity contribution in [2.75, 3.05) is 6.54 Å². The summed E-state index contributed by atoms with van der Waals surface area (Å²) in [6.45, 7) is 0.838. The van der Waals surface area contributed by atoms with Crippen LogP contribution in [-0.2, 0) is 23.2 Å². The molecule has 29 heavy (non-hydrogen) atoms. The second kappa shape index (κ2) is 7.06. The minimum Gasteiger partial charge on any atom is -0.319 e. The van der Waals surface area contributed by atoms with Crippen molar-refractivity contribution in [3.63, 3.8) is 0 Å². The monoisotopic (exact) mass is 398 g/mol. The zero-order valence-electron chi connectivity index (χ0n) is 15.9. The highest BCUT2D eigenvalue weighted by molar-refractivity contribution is 6.11. The van der Waals surface area contributed by atoms with Gasteiger partial charge in [-0.1, -0.05) is 12.1 Å². The summed E-state index contributed by atoms with van der Waals surface area (Å²) >= 11 is 0. The number of rotatable bonds is 4. The predicted molar refractivity (Wildman–Crippen MR) is 101 cm³/mol. The summed E-state index contributed by atoms with van der Waals surface area (Å²) in [6.07, 6.45) is 4.07. The van der Waals surface area contributed by atoms with Crippen molar-refractivity contribution in [3.8, 4) is 0 Å². The van der Waals surface area contributed by atoms with Gasteiger partial charge in [-0.2, -0.15) is 0 Å². The van der Waals surface area contributed by atoms with Gasteiger partial charge in [0.2, 0.25) is 0 Å². The van der Waals surface area contributed by atoms with Crippen molar-refractivity contribution in [1.29, 1.82) is 0 Å². The lowest BCUT2D eigenvalue weighted by Gasteiger charge is -2.22. The number of carbonyl (C=O) groups is 3. The summed E-state index contributed by atoms with van der Waals surface area (Å²) in [5.41, 5.74) is 0.707. The van der Waals surface area contributed by atoms with Crippen molar-refractivity contribution in [1.82, 2.24) is 10.2 Å². The van der Waals surface area contributed by atoms with Crippen molar-refractivity contribution >= 4 is 17.7 Å². The molecule has 0 bridgehead atoms. The van der Waals surface area contributed by atoms with Gasteiger partial charge in [-0.3, -0.25) is 14.5 Å². The van der Waals surface area contributed by atoms with Gasteiger partial charge in [0.15, 0.2) is 5.78 Å². The Bertz CT molecular complexity index is 1040. The van der Waals surface area contributed by atoms with Crippen LogP contribution in [-0.4, -0.2) is 29.2 Å². The number of hydrogen-bond donors (Lipinski definition) is 1. The van der Waals surface area contributed by atoms with Crippen LogP contribution in [0.5, 0.6) is 0 Å². The highest BCUT2D eigenvalue weighted by Gasteiger charge is 2.50. The number of aryl methyl sites for hydroxylation is 2. The molecule has 0 aromatic heterocycles. The molecule has 1 atom stereocenters. The number of amides is 3. The maximum absolute atomic E-state index is 14.2. The Balaban J connectivity index is 1.58. The number of fused-ring (bicyclic) bond motifs is 1. The molecule has 0 saturated carbocycles. The largest absolute Gasteiger partial charge is 0.325 e. The van der Waals surface area contributed by atoms with Crippen LogP contribution in [0.3, 0.4) is 0 Å². The first-order chi connectivity index (χ1) is 13.8. The third-order valence-corrected chi connectivity index (χ3v) is 5.71. The molecule has 2 aliphatic rings. The topological polar surface area (TPSA) is 66.5 Å². The number of carbonyl (C=O) groups excluding carboxylic acids is 3. The van der Waals surface area contributed by atoms with Gasteiger partial charge in [0.05, 0.1) is 6.54 Å². The molecule has 1 aliphatic carbocycles. The van der Waals surface area contributed by atoms with E-state index in [-0.39, 0.29) is 11.3 Å². The number of imide groups is 1. The van der Waals surface area contributed by atoms with E-state index in [0.29, 0.717) is 5.56 Å². The van der Waals surface area contributed by atoms with Crippen LogP contribution < -0.4 is 5.32 Å². The Morgan fingerprint density at radius 3 is 2.55 bits per heavy atom. The Labute approximate surface area is 166 Å². The zero-order chi connectivity index (χ0) is 20.8. The molecule has 1 fully saturated rings. The van der Waals surface area contributed by atoms with Crippen molar-refractivity contribution in [2.45, 2.75) is 38.1 Å². The number of Topliss-reactive ketones (excluding diaryl/α,β-unsaturated/α-hetero) is 1. The average Bonchev–Trinajstić information content (AvgIpc) is 2.93. The van der Waals surface area contributed by atoms with E-state index in [9.17, 15) is 23.2 Å². The molecule has 2 aromatic carbocycles. The number of urea groups is 1. The van der Waals surface area contributed by atoms with Gasteiger partial charge in [0.1, 0.15) is 17.2 Å². The molecular weight excluding hydrogens is 378 g/mol. The number of halogens is 2. The van der Waals surface area contributed by atoms with Crippen LogP contribution in [0.15, 0.2) is 36.4 Å². The van der Waals surface area contributed by atoms with E-state index in [2.05, 4.69) is 5.32 Å². The minimum atomic E-state index is -1.78. The second-order valence-electron chi connectivity index (χ2n) is 7.68. The van der Waals surface area contributed by atoms with Crippen LogP contribution in [0.1, 0.15) is 46.8 Å². The van der Waals surface area contributed by atoms with Crippen molar-refractivity contribution in [3.05, 3.63) is 70.3 Å². The fourth-order valence-electron chi connectivity index (χ4n) is 4.05. The minimum absolute atomic E-state index is 0.278. The van der Waals surface area contributed by atoms with Crippen LogP contribution in [0.25, 0.3) is 0 Å². The summed E-state index contributed by atoms with van der Waals surface area (Å²) in [6, 6.07) is 7.34. The number of benzene rings is 2. The maximum Gasteiger partial charge on any atom is 0.325 e. The average molecular weight is 398 g/mol. The summed E-state index contributed by atoms with van der Waals surface area (Å²) in [4.78, 5) is 38.8. The van der Waals surface area contributed by atoms with Gasteiger partial charge in [-0.05, 0) is 68.0 Å². The molecule has 3 amide bonds. The number of hydrogen-bond acceptors (Lipinski definition) is 3. The van der Waals surface area contributed by atoms with Gasteiger partial charge in [-0.15, -0.1) is 0 Å². The van der Waals surface area contributed by atoms with E-state index in [1.807, 2.05) is 12.1 Å². The van der Waals surface area contributed by atoms with E-state index in [4.69, 9.17) is 0 Å². The van der Waals surface area contributed by atoms with Crippen LogP contribution in [0.2, 0.25) is 0 Å². The van der Waals surface area contributed by atoms with Crippen molar-refractivity contribution in [2.24, 2.45) is 0 Å². The standard InChI is InChI=1S/C22H20F2N2O3/c1-22(17-11-16(23)8-9-18(17)24)20(28)26(21(29)25-22)12-19(27)15-7-6-13-4-2-3-5-14(13)10-15/h6-11H,2-5,12H2,1H3,(H,25,29). The molecule has 1 aliphatic heterocycles. The molecule has 150 valence electrons. The summed E-state index contributed by atoms with van der Waals surface area (Å²) < 4.78 is 27.8. The first-order valence-electron chi connectivity index (χ1n) is 9.54. The molecule has 1 N–H and O–H groups in total. The van der Waals surface area contributed by atoms with Gasteiger partial charge in [-0.25, -0.2) is 13.6 Å². The molecule has 1 heterocycles. The smallest absolute Gasteiger partial charge is 0.319 e. The highest BCUT2D eigenvalue weighted by atomic mass is 19.1. The number of nitrogens with zero attached hydrogens (tertiary/aromatic N) is 1. The molecule has 0 radical (unpaired) electrons. The molecule has 0 spiro atoms. The Hall–Kier alpha value is -3.09. The third kappa shape index (κ3) is 3.30. The SMILES string of the molecule is CC1(c2cc(F)ccc2F)NC(=O)N(CC(=O)c2ccc3c(c2)CCCC3)C1=O. The third-order valence-electron chi connectivity index (χ3n) is 5.71. The molecule has 4 rings (SSSR count). The van der Waals surface area contributed by atoms with E-state index >= 15 is 0 Å². The predicted octanol–water partition coefficient (Wildman–Crippen LogP) is 3.49. The lowest BCUT2D eigenvalue weighted by molar-refractivity contribution is -0.130. The molecule has 2 aromatic rings. The van der Waals surface area contributed by atoms with E-state index in [1.54, 1.807) is 6.07 Å². The van der Waals surface area contributed by atoms with Gasteiger partial charge in [0, 0.05) is 11.1 Å². The van der Waals surface area contributed by atoms with E-state index < -0.39 is 35.7 Å². The van der Waals surface area contributed by atoms with Crippen LogP contribution >= 0.6 is 0 Å². The molecule has 7 heteroatoms. The first-order valence-corrected chi connectivity index (χ1v) is 9.54. The van der Waals surface area contributed by atoms with Crippen LogP contribution in [0.4, 0.5) is 13.6 Å². The lowest BCUT2D eigenvalue weighted by Crippen LogP contribution is -2.42. The lowest BCUT2D eigenvalue weighted by atomic mass is 9.89. The van der Waals surface area contributed by atoms with Crippen LogP contribution in [0, 0.1) is 11.6 Å². The molecule has 1 saturated heterocycles. The summed E-state index contributed by atoms with van der Waals surface area (Å²) in [5, 5.41) is 2.40. The second-order valence-corrected chi connectivity index (χ2v) is 7.68. The quantitative estimate of drug-likeness (QED) is 0.633. The molecule has 5 nitrogen and oxygen atoms in total. The van der Waals surface area contributed by atoms with Gasteiger partial charge < -0.3 is 5.32 Å². The van der Waals surface area contributed by atoms with Gasteiger partial charge in [0.25, 0.3) is 5.91 Å². The number of nitrogens with one attached hydrogen (secondary N) is 1. The fourth-order valence-corrected chi connectivity index (χ4v) is 4.05. The normalized spacial score (nSPS) is 21.1. The highest BCUT2D eigenvalue weighted by Crippen LogP contribution is 2.31. The Morgan fingerprint density at radius 1 is 1.07 bits per heavy atom. The molecular formula is C22H20F2N2O3. The number of ketones is 1. The first kappa shape index (κ1) is 19.2. The maximum atomic E-state index is 14.2. The zero-order valence-corrected chi connectivity index (χ0v) is 15.9. The molecule has 1 unspecified atom stereocenters. The Morgan fingerprint density at radius 2 is 1.79 bits per heavy atom. The fraction of sp³-hybridized carbons (Fsp3) is 0.318. The van der Waals surface area contributed by atoms with E-state index in [0.717, 1.165) is 54.3 Å². The van der Waals surface area contributed by atoms with Crippen molar-refractivity contribution < 1.29 is 23.2 Å². The van der Waals surface area contributed by atoms with E-state index in [1.165, 1.54) is 12.5 Å². The van der Waals surface area contributed by atoms with Gasteiger partial charge >= 0.3 is 6.03 Å².